The van der Waals surface area contributed by atoms with Gasteiger partial charge in [-0.25, -0.2) is 4.39 Å². The lowest BCUT2D eigenvalue weighted by Crippen LogP contribution is -2.60. The summed E-state index contributed by atoms with van der Waals surface area (Å²) in [6.07, 6.45) is -1.15. The number of rotatable bonds is 7. The van der Waals surface area contributed by atoms with Gasteiger partial charge in [0.05, 0.1) is 13.2 Å². The first-order chi connectivity index (χ1) is 14.9. The van der Waals surface area contributed by atoms with Crippen molar-refractivity contribution in [2.75, 3.05) is 46.4 Å². The summed E-state index contributed by atoms with van der Waals surface area (Å²) in [7, 11) is 1.35. The molecule has 168 valence electrons. The second-order valence-electron chi connectivity index (χ2n) is 7.24. The summed E-state index contributed by atoms with van der Waals surface area (Å²) in [6, 6.07) is 5.52. The van der Waals surface area contributed by atoms with Gasteiger partial charge in [-0.05, 0) is 17.7 Å². The van der Waals surface area contributed by atoms with Gasteiger partial charge in [0.15, 0.2) is 11.9 Å². The normalized spacial score (nSPS) is 19.7. The number of carbonyl (C=O) groups is 3. The molecule has 1 aromatic carbocycles. The summed E-state index contributed by atoms with van der Waals surface area (Å²) in [6.45, 7) is 3.91. The molecule has 31 heavy (non-hydrogen) atoms. The van der Waals surface area contributed by atoms with Crippen LogP contribution >= 0.6 is 0 Å². The van der Waals surface area contributed by atoms with Crippen LogP contribution in [0.15, 0.2) is 35.7 Å². The highest BCUT2D eigenvalue weighted by molar-refractivity contribution is 6.06. The van der Waals surface area contributed by atoms with E-state index in [2.05, 4.69) is 20.9 Å². The number of ether oxygens (including phenoxy) is 1. The summed E-state index contributed by atoms with van der Waals surface area (Å²) in [5, 5.41) is 18.0. The highest BCUT2D eigenvalue weighted by atomic mass is 19.1. The molecule has 2 heterocycles. The number of hydrogen-bond donors (Lipinski definition) is 4. The van der Waals surface area contributed by atoms with Gasteiger partial charge >= 0.3 is 0 Å². The molecule has 1 atom stereocenters. The van der Waals surface area contributed by atoms with Crippen LogP contribution in [-0.4, -0.2) is 85.2 Å². The van der Waals surface area contributed by atoms with Crippen molar-refractivity contribution in [3.8, 4) is 0 Å². The maximum Gasteiger partial charge on any atom is 0.292 e. The van der Waals surface area contributed by atoms with Crippen molar-refractivity contribution in [1.29, 1.82) is 0 Å². The van der Waals surface area contributed by atoms with E-state index in [4.69, 9.17) is 4.74 Å². The van der Waals surface area contributed by atoms with E-state index in [9.17, 15) is 23.9 Å². The van der Waals surface area contributed by atoms with Gasteiger partial charge < -0.3 is 30.7 Å². The number of halogens is 1. The zero-order chi connectivity index (χ0) is 22.4. The minimum atomic E-state index is -1.15. The maximum atomic E-state index is 13.0. The summed E-state index contributed by atoms with van der Waals surface area (Å²) in [4.78, 5) is 40.6. The second-order valence-corrected chi connectivity index (χ2v) is 7.24. The van der Waals surface area contributed by atoms with Gasteiger partial charge in [-0.2, -0.15) is 0 Å². The molecule has 11 heteroatoms. The van der Waals surface area contributed by atoms with E-state index in [0.717, 1.165) is 18.0 Å². The fourth-order valence-electron chi connectivity index (χ4n) is 3.24. The van der Waals surface area contributed by atoms with Crippen LogP contribution in [-0.2, 0) is 25.7 Å². The Kier molecular flexibility index (Phi) is 7.42. The van der Waals surface area contributed by atoms with E-state index in [-0.39, 0.29) is 6.54 Å². The van der Waals surface area contributed by atoms with Gasteiger partial charge in [-0.15, -0.1) is 0 Å². The number of hydrogen-bond acceptors (Lipinski definition) is 7. The Hall–Kier alpha value is -3.18. The van der Waals surface area contributed by atoms with Crippen molar-refractivity contribution in [3.05, 3.63) is 47.1 Å². The number of nitrogens with zero attached hydrogens (tertiary/aromatic N) is 2. The van der Waals surface area contributed by atoms with Crippen molar-refractivity contribution in [2.24, 2.45) is 0 Å². The summed E-state index contributed by atoms with van der Waals surface area (Å²) in [5.74, 6) is -3.29. The van der Waals surface area contributed by atoms with Crippen molar-refractivity contribution in [2.45, 2.75) is 12.7 Å². The predicted octanol–water partition coefficient (Wildman–Crippen LogP) is -0.952. The number of aliphatic hydroxyl groups excluding tert-OH is 1. The summed E-state index contributed by atoms with van der Waals surface area (Å²) in [5.41, 5.74) is 0.241. The molecular formula is C20H26FN5O5. The Morgan fingerprint density at radius 3 is 2.58 bits per heavy atom. The molecular weight excluding hydrogens is 409 g/mol. The van der Waals surface area contributed by atoms with Crippen molar-refractivity contribution in [3.63, 3.8) is 0 Å². The van der Waals surface area contributed by atoms with Crippen LogP contribution in [0.4, 0.5) is 4.39 Å². The number of amides is 3. The summed E-state index contributed by atoms with van der Waals surface area (Å²) < 4.78 is 18.3. The molecule has 0 bridgehead atoms. The molecule has 4 N–H and O–H groups in total. The van der Waals surface area contributed by atoms with Crippen LogP contribution in [0.3, 0.4) is 0 Å². The lowest BCUT2D eigenvalue weighted by Gasteiger charge is -2.33. The lowest BCUT2D eigenvalue weighted by molar-refractivity contribution is -0.141. The molecule has 0 radical (unpaired) electrons. The first-order valence-corrected chi connectivity index (χ1v) is 9.94. The lowest BCUT2D eigenvalue weighted by atomic mass is 10.2. The topological polar surface area (TPSA) is 123 Å². The minimum Gasteiger partial charge on any atom is -0.501 e. The largest absolute Gasteiger partial charge is 0.501 e. The van der Waals surface area contributed by atoms with Crippen LogP contribution in [0.2, 0.25) is 0 Å². The third-order valence-corrected chi connectivity index (χ3v) is 5.10. The molecule has 1 aromatic rings. The van der Waals surface area contributed by atoms with E-state index >= 15 is 0 Å². The number of morpholine rings is 1. The van der Waals surface area contributed by atoms with Gasteiger partial charge in [0.25, 0.3) is 17.7 Å². The number of aliphatic hydroxyl groups is 1. The molecule has 0 spiro atoms. The van der Waals surface area contributed by atoms with Gasteiger partial charge in [-0.1, -0.05) is 12.1 Å². The van der Waals surface area contributed by atoms with Crippen molar-refractivity contribution in [1.82, 2.24) is 25.8 Å². The smallest absolute Gasteiger partial charge is 0.292 e. The molecule has 1 unspecified atom stereocenters. The molecule has 1 saturated heterocycles. The SMILES string of the molecule is CN1C(=O)C(O)=C(C(=O)NCc2ccc(F)cc2)NC1C(=O)NCCN1CCOCC1. The average molecular weight is 435 g/mol. The quantitative estimate of drug-likeness (QED) is 0.435. The van der Waals surface area contributed by atoms with Gasteiger partial charge in [0, 0.05) is 39.8 Å². The van der Waals surface area contributed by atoms with Gasteiger partial charge in [0.1, 0.15) is 5.82 Å². The Morgan fingerprint density at radius 1 is 1.23 bits per heavy atom. The average Bonchev–Trinajstić information content (AvgIpc) is 2.77. The Morgan fingerprint density at radius 2 is 1.90 bits per heavy atom. The molecule has 2 aliphatic heterocycles. The van der Waals surface area contributed by atoms with Crippen molar-refractivity contribution < 1.29 is 28.6 Å². The minimum absolute atomic E-state index is 0.0536. The standard InChI is InChI=1S/C20H26FN5O5/c1-25-17(19(29)22-6-7-26-8-10-31-11-9-26)24-15(16(27)20(25)30)18(28)23-12-13-2-4-14(21)5-3-13/h2-5,17,24,27H,6-12H2,1H3,(H,22,29)(H,23,28). The zero-order valence-corrected chi connectivity index (χ0v) is 17.2. The zero-order valence-electron chi connectivity index (χ0n) is 17.2. The molecule has 10 nitrogen and oxygen atoms in total. The third kappa shape index (κ3) is 5.70. The number of likely N-dealkylation sites (N-methyl/N-ethyl adjacent to an activating group) is 1. The molecule has 2 aliphatic rings. The Bertz CT molecular complexity index is 854. The van der Waals surface area contributed by atoms with Crippen LogP contribution < -0.4 is 16.0 Å². The summed E-state index contributed by atoms with van der Waals surface area (Å²) >= 11 is 0. The molecule has 3 amide bonds. The number of benzene rings is 1. The first-order valence-electron chi connectivity index (χ1n) is 9.94. The van der Waals surface area contributed by atoms with E-state index < -0.39 is 41.2 Å². The van der Waals surface area contributed by atoms with Crippen LogP contribution in [0.25, 0.3) is 0 Å². The second kappa shape index (κ2) is 10.2. The van der Waals surface area contributed by atoms with Crippen LogP contribution in [0.5, 0.6) is 0 Å². The fourth-order valence-corrected chi connectivity index (χ4v) is 3.24. The highest BCUT2D eigenvalue weighted by Gasteiger charge is 2.38. The van der Waals surface area contributed by atoms with E-state index in [1.54, 1.807) is 0 Å². The Balaban J connectivity index is 1.57. The Labute approximate surface area is 179 Å². The fraction of sp³-hybridized carbons (Fsp3) is 0.450. The van der Waals surface area contributed by atoms with Crippen LogP contribution in [0, 0.1) is 5.82 Å². The van der Waals surface area contributed by atoms with Gasteiger partial charge in [-0.3, -0.25) is 19.3 Å². The molecule has 3 rings (SSSR count). The molecule has 0 saturated carbocycles. The highest BCUT2D eigenvalue weighted by Crippen LogP contribution is 2.14. The van der Waals surface area contributed by atoms with E-state index in [1.807, 2.05) is 0 Å². The maximum absolute atomic E-state index is 13.0. The third-order valence-electron chi connectivity index (χ3n) is 5.10. The monoisotopic (exact) mass is 435 g/mol. The van der Waals surface area contributed by atoms with Crippen LogP contribution in [0.1, 0.15) is 5.56 Å². The van der Waals surface area contributed by atoms with Crippen molar-refractivity contribution >= 4 is 17.7 Å². The molecule has 0 aliphatic carbocycles. The number of carbonyl (C=O) groups excluding carboxylic acids is 3. The van der Waals surface area contributed by atoms with E-state index in [1.165, 1.54) is 31.3 Å². The predicted molar refractivity (Wildman–Crippen MR) is 108 cm³/mol. The van der Waals surface area contributed by atoms with E-state index in [0.29, 0.717) is 31.9 Å². The molecule has 0 aromatic heterocycles. The molecule has 1 fully saturated rings. The number of nitrogens with one attached hydrogen (secondary N) is 3. The first kappa shape index (κ1) is 22.5. The van der Waals surface area contributed by atoms with Gasteiger partial charge in [0.2, 0.25) is 5.76 Å².